The summed E-state index contributed by atoms with van der Waals surface area (Å²) < 4.78 is 6.96. The van der Waals surface area contributed by atoms with Gasteiger partial charge < -0.3 is 15.4 Å². The number of amides is 1. The van der Waals surface area contributed by atoms with Gasteiger partial charge in [0.15, 0.2) is 5.96 Å². The number of ether oxygens (including phenoxy) is 1. The maximum absolute atomic E-state index is 11.8. The van der Waals surface area contributed by atoms with Crippen LogP contribution in [0.15, 0.2) is 35.6 Å². The molecule has 0 atom stereocenters. The predicted octanol–water partition coefficient (Wildman–Crippen LogP) is 2.69. The third kappa shape index (κ3) is 9.11. The lowest BCUT2D eigenvalue weighted by atomic mass is 10.1. The van der Waals surface area contributed by atoms with Crippen LogP contribution in [-0.2, 0) is 24.8 Å². The Morgan fingerprint density at radius 2 is 1.90 bits per heavy atom. The van der Waals surface area contributed by atoms with Crippen molar-refractivity contribution >= 4 is 41.7 Å². The van der Waals surface area contributed by atoms with Crippen molar-refractivity contribution in [3.8, 4) is 0 Å². The van der Waals surface area contributed by atoms with Crippen molar-refractivity contribution in [3.05, 3.63) is 42.0 Å². The van der Waals surface area contributed by atoms with E-state index in [-0.39, 0.29) is 24.0 Å². The molecule has 29 heavy (non-hydrogen) atoms. The van der Waals surface area contributed by atoms with Gasteiger partial charge in [0.1, 0.15) is 17.8 Å². The normalized spacial score (nSPS) is 11.4. The van der Waals surface area contributed by atoms with Crippen LogP contribution in [0.5, 0.6) is 0 Å². The molecular weight excluding hydrogens is 485 g/mol. The maximum atomic E-state index is 11.8. The van der Waals surface area contributed by atoms with Crippen LogP contribution < -0.4 is 16.0 Å². The highest BCUT2D eigenvalue weighted by Gasteiger charge is 2.16. The van der Waals surface area contributed by atoms with E-state index in [0.717, 1.165) is 24.4 Å². The van der Waals surface area contributed by atoms with Gasteiger partial charge in [-0.3, -0.25) is 15.0 Å². The molecule has 2 aromatic rings. The molecule has 0 bridgehead atoms. The second kappa shape index (κ2) is 11.6. The number of aliphatic imine (C=N–C) groups is 1. The van der Waals surface area contributed by atoms with E-state index >= 15 is 0 Å². The molecule has 1 amide bonds. The number of aryl methyl sites for hydroxylation is 1. The van der Waals surface area contributed by atoms with Crippen LogP contribution in [0.4, 0.5) is 10.5 Å². The SMILES string of the molecule is CN=C(NCCc1ccc(NC(=O)OC(C)(C)C)cc1)NCc1ncnn1C.I. The minimum absolute atomic E-state index is 0. The number of anilines is 1. The lowest BCUT2D eigenvalue weighted by Gasteiger charge is -2.19. The summed E-state index contributed by atoms with van der Waals surface area (Å²) in [6.07, 6.45) is 1.88. The third-order valence-electron chi connectivity index (χ3n) is 3.75. The standard InChI is InChI=1S/C19H29N7O2.HI/c1-19(2,3)28-18(27)25-15-8-6-14(7-9-15)10-11-21-17(20-4)22-12-16-23-13-24-26(16)5;/h6-9,13H,10-12H2,1-5H3,(H,25,27)(H2,20,21,22);1H. The molecule has 0 aliphatic carbocycles. The Morgan fingerprint density at radius 1 is 1.21 bits per heavy atom. The largest absolute Gasteiger partial charge is 0.444 e. The molecule has 160 valence electrons. The first-order valence-electron chi connectivity index (χ1n) is 9.13. The smallest absolute Gasteiger partial charge is 0.412 e. The summed E-state index contributed by atoms with van der Waals surface area (Å²) in [6.45, 7) is 6.76. The monoisotopic (exact) mass is 515 g/mol. The average molecular weight is 515 g/mol. The zero-order chi connectivity index (χ0) is 20.6. The van der Waals surface area contributed by atoms with Crippen molar-refractivity contribution < 1.29 is 9.53 Å². The number of hydrogen-bond acceptors (Lipinski definition) is 5. The maximum Gasteiger partial charge on any atom is 0.412 e. The average Bonchev–Trinajstić information content (AvgIpc) is 3.02. The number of nitrogens with zero attached hydrogens (tertiary/aromatic N) is 4. The molecule has 1 heterocycles. The summed E-state index contributed by atoms with van der Waals surface area (Å²) >= 11 is 0. The lowest BCUT2D eigenvalue weighted by Crippen LogP contribution is -2.38. The molecule has 1 aromatic carbocycles. The Balaban J connectivity index is 0.00000420. The molecule has 9 nitrogen and oxygen atoms in total. The summed E-state index contributed by atoms with van der Waals surface area (Å²) in [6, 6.07) is 7.68. The zero-order valence-electron chi connectivity index (χ0n) is 17.5. The van der Waals surface area contributed by atoms with Gasteiger partial charge in [-0.2, -0.15) is 5.10 Å². The van der Waals surface area contributed by atoms with Gasteiger partial charge in [0.05, 0.1) is 6.54 Å². The molecule has 0 aliphatic heterocycles. The van der Waals surface area contributed by atoms with Crippen molar-refractivity contribution in [1.29, 1.82) is 0 Å². The van der Waals surface area contributed by atoms with Gasteiger partial charge in [-0.05, 0) is 44.9 Å². The molecule has 10 heteroatoms. The van der Waals surface area contributed by atoms with Gasteiger partial charge in [-0.25, -0.2) is 9.78 Å². The Bertz CT molecular complexity index is 798. The second-order valence-corrected chi connectivity index (χ2v) is 7.23. The van der Waals surface area contributed by atoms with Crippen LogP contribution in [0.1, 0.15) is 32.2 Å². The molecule has 0 fully saturated rings. The van der Waals surface area contributed by atoms with Crippen molar-refractivity contribution in [2.24, 2.45) is 12.0 Å². The minimum Gasteiger partial charge on any atom is -0.444 e. The molecule has 2 rings (SSSR count). The van der Waals surface area contributed by atoms with Crippen molar-refractivity contribution in [3.63, 3.8) is 0 Å². The highest BCUT2D eigenvalue weighted by molar-refractivity contribution is 14.0. The van der Waals surface area contributed by atoms with Crippen LogP contribution in [0.2, 0.25) is 0 Å². The van der Waals surface area contributed by atoms with Gasteiger partial charge >= 0.3 is 6.09 Å². The van der Waals surface area contributed by atoms with E-state index in [1.165, 1.54) is 6.33 Å². The van der Waals surface area contributed by atoms with Gasteiger partial charge in [0.2, 0.25) is 0 Å². The van der Waals surface area contributed by atoms with Crippen molar-refractivity contribution in [2.45, 2.75) is 39.3 Å². The third-order valence-corrected chi connectivity index (χ3v) is 3.75. The van der Waals surface area contributed by atoms with E-state index in [1.807, 2.05) is 52.1 Å². The Hall–Kier alpha value is -2.37. The Morgan fingerprint density at radius 3 is 2.45 bits per heavy atom. The highest BCUT2D eigenvalue weighted by Crippen LogP contribution is 2.13. The molecule has 0 radical (unpaired) electrons. The molecule has 0 aliphatic rings. The number of nitrogens with one attached hydrogen (secondary N) is 3. The number of carbonyl (C=O) groups excluding carboxylic acids is 1. The van der Waals surface area contributed by atoms with Crippen LogP contribution in [-0.4, -0.2) is 46.0 Å². The van der Waals surface area contributed by atoms with Crippen LogP contribution >= 0.6 is 24.0 Å². The van der Waals surface area contributed by atoms with E-state index in [9.17, 15) is 4.79 Å². The van der Waals surface area contributed by atoms with E-state index in [0.29, 0.717) is 18.2 Å². The molecule has 0 unspecified atom stereocenters. The van der Waals surface area contributed by atoms with Crippen molar-refractivity contribution in [1.82, 2.24) is 25.4 Å². The molecule has 0 saturated carbocycles. The fourth-order valence-electron chi connectivity index (χ4n) is 2.37. The van der Waals surface area contributed by atoms with Gasteiger partial charge in [0, 0.05) is 26.3 Å². The Kier molecular flexibility index (Phi) is 9.86. The number of guanidine groups is 1. The molecular formula is C19H30IN7O2. The first-order valence-corrected chi connectivity index (χ1v) is 9.13. The summed E-state index contributed by atoms with van der Waals surface area (Å²) in [7, 11) is 3.57. The summed E-state index contributed by atoms with van der Waals surface area (Å²) in [4.78, 5) is 20.2. The van der Waals surface area contributed by atoms with E-state index < -0.39 is 11.7 Å². The quantitative estimate of drug-likeness (QED) is 0.311. The summed E-state index contributed by atoms with van der Waals surface area (Å²) in [5.41, 5.74) is 1.33. The van der Waals surface area contributed by atoms with E-state index in [1.54, 1.807) is 11.7 Å². The van der Waals surface area contributed by atoms with Gasteiger partial charge in [0.25, 0.3) is 0 Å². The number of hydrogen-bond donors (Lipinski definition) is 3. The highest BCUT2D eigenvalue weighted by atomic mass is 127. The first kappa shape index (κ1) is 24.7. The van der Waals surface area contributed by atoms with Crippen molar-refractivity contribution in [2.75, 3.05) is 18.9 Å². The predicted molar refractivity (Wildman–Crippen MR) is 125 cm³/mol. The number of rotatable bonds is 6. The number of benzene rings is 1. The summed E-state index contributed by atoms with van der Waals surface area (Å²) in [5.74, 6) is 1.53. The molecule has 3 N–H and O–H groups in total. The lowest BCUT2D eigenvalue weighted by molar-refractivity contribution is 0.0636. The minimum atomic E-state index is -0.519. The summed E-state index contributed by atoms with van der Waals surface area (Å²) in [5, 5.41) is 13.2. The number of halogens is 1. The molecule has 0 saturated heterocycles. The molecule has 0 spiro atoms. The molecule has 1 aromatic heterocycles. The fourth-order valence-corrected chi connectivity index (χ4v) is 2.37. The second-order valence-electron chi connectivity index (χ2n) is 7.23. The number of carbonyl (C=O) groups is 1. The van der Waals surface area contributed by atoms with E-state index in [2.05, 4.69) is 31.0 Å². The topological polar surface area (TPSA) is 105 Å². The fraction of sp³-hybridized carbons (Fsp3) is 0.474. The Labute approximate surface area is 188 Å². The van der Waals surface area contributed by atoms with Gasteiger partial charge in [-0.15, -0.1) is 24.0 Å². The van der Waals surface area contributed by atoms with Crippen LogP contribution in [0.3, 0.4) is 0 Å². The van der Waals surface area contributed by atoms with E-state index in [4.69, 9.17) is 4.74 Å². The van der Waals surface area contributed by atoms with Crippen LogP contribution in [0, 0.1) is 0 Å². The zero-order valence-corrected chi connectivity index (χ0v) is 19.9. The first-order chi connectivity index (χ1) is 13.3. The van der Waals surface area contributed by atoms with Gasteiger partial charge in [-0.1, -0.05) is 12.1 Å². The van der Waals surface area contributed by atoms with Crippen LogP contribution in [0.25, 0.3) is 0 Å². The number of aromatic nitrogens is 3.